The highest BCUT2D eigenvalue weighted by Gasteiger charge is 2.14. The maximum absolute atomic E-state index is 12.0. The minimum Gasteiger partial charge on any atom is -0.355 e. The van der Waals surface area contributed by atoms with Gasteiger partial charge in [-0.3, -0.25) is 4.79 Å². The van der Waals surface area contributed by atoms with Gasteiger partial charge in [0.25, 0.3) is 0 Å². The molecule has 110 valence electrons. The predicted octanol–water partition coefficient (Wildman–Crippen LogP) is 2.14. The minimum absolute atomic E-state index is 0.0257. The van der Waals surface area contributed by atoms with Crippen molar-refractivity contribution in [2.45, 2.75) is 27.2 Å². The van der Waals surface area contributed by atoms with Crippen molar-refractivity contribution >= 4 is 28.0 Å². The lowest BCUT2D eigenvalue weighted by Gasteiger charge is -2.18. The van der Waals surface area contributed by atoms with E-state index in [0.29, 0.717) is 12.4 Å². The molecule has 21 heavy (non-hydrogen) atoms. The van der Waals surface area contributed by atoms with E-state index in [2.05, 4.69) is 46.0 Å². The van der Waals surface area contributed by atoms with Crippen LogP contribution in [0.2, 0.25) is 0 Å². The van der Waals surface area contributed by atoms with Crippen molar-refractivity contribution in [3.8, 4) is 0 Å². The van der Waals surface area contributed by atoms with Crippen LogP contribution in [-0.4, -0.2) is 32.4 Å². The number of hydrogen-bond donors (Lipinski definition) is 3. The number of pyridine rings is 1. The molecule has 3 heterocycles. The first-order valence-corrected chi connectivity index (χ1v) is 7.00. The van der Waals surface area contributed by atoms with E-state index in [9.17, 15) is 4.79 Å². The van der Waals surface area contributed by atoms with Crippen molar-refractivity contribution in [3.63, 3.8) is 0 Å². The number of carbonyl (C=O) groups is 1. The molecule has 0 saturated heterocycles. The maximum Gasteiger partial charge on any atom is 0.227 e. The lowest BCUT2D eigenvalue weighted by Crippen LogP contribution is -2.33. The van der Waals surface area contributed by atoms with E-state index in [4.69, 9.17) is 0 Å². The van der Waals surface area contributed by atoms with E-state index in [-0.39, 0.29) is 17.7 Å². The van der Waals surface area contributed by atoms with Crippen LogP contribution < -0.4 is 5.32 Å². The van der Waals surface area contributed by atoms with Gasteiger partial charge in [-0.15, -0.1) is 0 Å². The molecule has 1 amide bonds. The van der Waals surface area contributed by atoms with Crippen molar-refractivity contribution in [2.75, 3.05) is 6.54 Å². The molecule has 0 aliphatic rings. The second-order valence-corrected chi connectivity index (χ2v) is 6.46. The van der Waals surface area contributed by atoms with Gasteiger partial charge in [0.15, 0.2) is 0 Å². The summed E-state index contributed by atoms with van der Waals surface area (Å²) in [5.41, 5.74) is 2.57. The Morgan fingerprint density at radius 3 is 2.95 bits per heavy atom. The topological polar surface area (TPSA) is 86.5 Å². The molecular formula is C15H19N5O. The summed E-state index contributed by atoms with van der Waals surface area (Å²) in [5, 5.41) is 3.89. The fourth-order valence-corrected chi connectivity index (χ4v) is 2.19. The van der Waals surface area contributed by atoms with Gasteiger partial charge < -0.3 is 15.3 Å². The SMILES string of the molecule is CC(C)(C)CNC(=O)Cc1nc2c(cnc3[nH]ccc32)[nH]1. The van der Waals surface area contributed by atoms with Gasteiger partial charge in [0.05, 0.1) is 18.1 Å². The number of amides is 1. The van der Waals surface area contributed by atoms with Crippen LogP contribution in [0.4, 0.5) is 0 Å². The van der Waals surface area contributed by atoms with Crippen LogP contribution in [0.15, 0.2) is 18.5 Å². The molecule has 0 aliphatic carbocycles. The van der Waals surface area contributed by atoms with Crippen LogP contribution in [-0.2, 0) is 11.2 Å². The van der Waals surface area contributed by atoms with Gasteiger partial charge in [-0.05, 0) is 11.5 Å². The highest BCUT2D eigenvalue weighted by molar-refractivity contribution is 6.00. The molecule has 3 N–H and O–H groups in total. The van der Waals surface area contributed by atoms with E-state index in [1.165, 1.54) is 0 Å². The summed E-state index contributed by atoms with van der Waals surface area (Å²) in [7, 11) is 0. The van der Waals surface area contributed by atoms with Crippen molar-refractivity contribution in [2.24, 2.45) is 5.41 Å². The van der Waals surface area contributed by atoms with Gasteiger partial charge in [-0.1, -0.05) is 20.8 Å². The summed E-state index contributed by atoms with van der Waals surface area (Å²) in [6.07, 6.45) is 3.82. The molecule has 0 atom stereocenters. The Bertz CT molecular complexity index is 793. The van der Waals surface area contributed by atoms with Crippen LogP contribution in [0.3, 0.4) is 0 Å². The van der Waals surface area contributed by atoms with Crippen molar-refractivity contribution in [1.29, 1.82) is 0 Å². The monoisotopic (exact) mass is 285 g/mol. The Labute approximate surface area is 122 Å². The molecule has 0 bridgehead atoms. The number of rotatable bonds is 3. The second kappa shape index (κ2) is 4.87. The van der Waals surface area contributed by atoms with Crippen LogP contribution in [0.1, 0.15) is 26.6 Å². The van der Waals surface area contributed by atoms with Crippen LogP contribution in [0.5, 0.6) is 0 Å². The predicted molar refractivity (Wildman–Crippen MR) is 81.9 cm³/mol. The van der Waals surface area contributed by atoms with Crippen LogP contribution in [0.25, 0.3) is 22.1 Å². The summed E-state index contributed by atoms with van der Waals surface area (Å²) in [4.78, 5) is 27.0. The summed E-state index contributed by atoms with van der Waals surface area (Å²) in [6.45, 7) is 6.91. The summed E-state index contributed by atoms with van der Waals surface area (Å²) in [6, 6.07) is 1.94. The second-order valence-electron chi connectivity index (χ2n) is 6.46. The molecule has 0 radical (unpaired) electrons. The Hall–Kier alpha value is -2.37. The van der Waals surface area contributed by atoms with Crippen molar-refractivity contribution in [1.82, 2.24) is 25.3 Å². The number of aromatic amines is 2. The van der Waals surface area contributed by atoms with Gasteiger partial charge in [0, 0.05) is 18.1 Å². The first-order chi connectivity index (χ1) is 9.92. The number of nitrogens with zero attached hydrogens (tertiary/aromatic N) is 2. The van der Waals surface area contributed by atoms with E-state index in [1.807, 2.05) is 12.3 Å². The molecule has 3 rings (SSSR count). The van der Waals surface area contributed by atoms with Crippen LogP contribution in [0, 0.1) is 5.41 Å². The fourth-order valence-electron chi connectivity index (χ4n) is 2.19. The molecule has 0 unspecified atom stereocenters. The lowest BCUT2D eigenvalue weighted by molar-refractivity contribution is -0.120. The maximum atomic E-state index is 12.0. The van der Waals surface area contributed by atoms with E-state index >= 15 is 0 Å². The number of fused-ring (bicyclic) bond motifs is 3. The molecule has 0 spiro atoms. The highest BCUT2D eigenvalue weighted by atomic mass is 16.1. The Morgan fingerprint density at radius 2 is 2.19 bits per heavy atom. The van der Waals surface area contributed by atoms with Crippen LogP contribution >= 0.6 is 0 Å². The number of aromatic nitrogens is 4. The molecular weight excluding hydrogens is 266 g/mol. The third kappa shape index (κ3) is 2.89. The van der Waals surface area contributed by atoms with Gasteiger partial charge in [-0.25, -0.2) is 9.97 Å². The summed E-state index contributed by atoms with van der Waals surface area (Å²) >= 11 is 0. The summed E-state index contributed by atoms with van der Waals surface area (Å²) in [5.74, 6) is 0.633. The Morgan fingerprint density at radius 1 is 1.38 bits per heavy atom. The van der Waals surface area contributed by atoms with Crippen molar-refractivity contribution < 1.29 is 4.79 Å². The number of hydrogen-bond acceptors (Lipinski definition) is 3. The zero-order chi connectivity index (χ0) is 15.0. The van der Waals surface area contributed by atoms with Crippen molar-refractivity contribution in [3.05, 3.63) is 24.3 Å². The Kier molecular flexibility index (Phi) is 3.16. The zero-order valence-electron chi connectivity index (χ0n) is 12.4. The molecule has 3 aromatic heterocycles. The first kappa shape index (κ1) is 13.6. The van der Waals surface area contributed by atoms with E-state index < -0.39 is 0 Å². The average molecular weight is 285 g/mol. The molecule has 0 saturated carbocycles. The average Bonchev–Trinajstić information content (AvgIpc) is 2.99. The van der Waals surface area contributed by atoms with Gasteiger partial charge >= 0.3 is 0 Å². The molecule has 6 heteroatoms. The van der Waals surface area contributed by atoms with E-state index in [0.717, 1.165) is 22.1 Å². The molecule has 0 aliphatic heterocycles. The fraction of sp³-hybridized carbons (Fsp3) is 0.400. The standard InChI is InChI=1S/C15H19N5O/c1-15(2,3)8-18-12(21)6-11-19-10-7-17-14-9(4-5-16-14)13(10)20-11/h4-5,7H,6,8H2,1-3H3,(H,16,17)(H,18,21)(H,19,20). The largest absolute Gasteiger partial charge is 0.355 e. The van der Waals surface area contributed by atoms with Gasteiger partial charge in [0.2, 0.25) is 5.91 Å². The molecule has 3 aromatic rings. The first-order valence-electron chi connectivity index (χ1n) is 7.00. The molecule has 0 fully saturated rings. The molecule has 0 aromatic carbocycles. The normalized spacial score (nSPS) is 12.1. The highest BCUT2D eigenvalue weighted by Crippen LogP contribution is 2.20. The number of nitrogens with one attached hydrogen (secondary N) is 3. The van der Waals surface area contributed by atoms with Gasteiger partial charge in [-0.2, -0.15) is 0 Å². The third-order valence-corrected chi connectivity index (χ3v) is 3.23. The molecule has 6 nitrogen and oxygen atoms in total. The summed E-state index contributed by atoms with van der Waals surface area (Å²) < 4.78 is 0. The lowest BCUT2D eigenvalue weighted by atomic mass is 9.97. The quantitative estimate of drug-likeness (QED) is 0.689. The number of carbonyl (C=O) groups excluding carboxylic acids is 1. The smallest absolute Gasteiger partial charge is 0.227 e. The number of H-pyrrole nitrogens is 2. The zero-order valence-corrected chi connectivity index (χ0v) is 12.4. The van der Waals surface area contributed by atoms with E-state index in [1.54, 1.807) is 6.20 Å². The third-order valence-electron chi connectivity index (χ3n) is 3.23. The number of imidazole rings is 1. The minimum atomic E-state index is -0.0257. The Balaban J connectivity index is 1.80. The van der Waals surface area contributed by atoms with Gasteiger partial charge in [0.1, 0.15) is 17.0 Å².